The minimum atomic E-state index is -4.87. The lowest BCUT2D eigenvalue weighted by molar-refractivity contribution is -0.138. The van der Waals surface area contributed by atoms with Crippen LogP contribution in [0.1, 0.15) is 37.4 Å². The van der Waals surface area contributed by atoms with Gasteiger partial charge in [-0.25, -0.2) is 9.37 Å². The van der Waals surface area contributed by atoms with Crippen LogP contribution in [0.3, 0.4) is 0 Å². The summed E-state index contributed by atoms with van der Waals surface area (Å²) in [4.78, 5) is 35.1. The number of aromatic nitrogens is 1. The predicted octanol–water partition coefficient (Wildman–Crippen LogP) is 3.71. The van der Waals surface area contributed by atoms with E-state index in [0.29, 0.717) is 58.1 Å². The number of hydrogen-bond acceptors (Lipinski definition) is 7. The lowest BCUT2D eigenvalue weighted by Gasteiger charge is -2.43. The molecule has 3 fully saturated rings. The monoisotopic (exact) mass is 590 g/mol. The number of ether oxygens (including phenoxy) is 1. The van der Waals surface area contributed by atoms with Crippen molar-refractivity contribution in [2.45, 2.75) is 37.9 Å². The summed E-state index contributed by atoms with van der Waals surface area (Å²) in [7, 11) is 0. The van der Waals surface area contributed by atoms with Crippen LogP contribution in [-0.2, 0) is 15.8 Å². The molecule has 1 spiro atoms. The number of nitriles is 1. The Morgan fingerprint density at radius 1 is 1.17 bits per heavy atom. The molecule has 0 bridgehead atoms. The number of carbonyl (C=O) groups excluding carboxylic acids is 2. The number of hydrogen-bond donors (Lipinski definition) is 0. The smallest absolute Gasteiger partial charge is 0.419 e. The quantitative estimate of drug-likeness (QED) is 0.372. The van der Waals surface area contributed by atoms with E-state index < -0.39 is 34.7 Å². The molecule has 3 heterocycles. The van der Waals surface area contributed by atoms with Gasteiger partial charge in [-0.1, -0.05) is 0 Å². The molecule has 1 saturated carbocycles. The van der Waals surface area contributed by atoms with Gasteiger partial charge in [-0.15, -0.1) is 0 Å². The van der Waals surface area contributed by atoms with Crippen LogP contribution >= 0.6 is 12.2 Å². The Bertz CT molecular complexity index is 1430. The van der Waals surface area contributed by atoms with Gasteiger partial charge >= 0.3 is 6.18 Å². The molecule has 9 nitrogen and oxygen atoms in total. The van der Waals surface area contributed by atoms with Crippen LogP contribution in [0.15, 0.2) is 30.5 Å². The zero-order chi connectivity index (χ0) is 29.5. The van der Waals surface area contributed by atoms with Gasteiger partial charge in [-0.2, -0.15) is 18.4 Å². The van der Waals surface area contributed by atoms with Gasteiger partial charge in [0, 0.05) is 51.4 Å². The van der Waals surface area contributed by atoms with Gasteiger partial charge in [0.05, 0.1) is 17.4 Å². The van der Waals surface area contributed by atoms with E-state index in [4.69, 9.17) is 22.2 Å². The van der Waals surface area contributed by atoms with Crippen LogP contribution < -0.4 is 14.5 Å². The maximum atomic E-state index is 15.2. The van der Waals surface area contributed by atoms with Gasteiger partial charge in [0.25, 0.3) is 5.91 Å². The van der Waals surface area contributed by atoms with Crippen LogP contribution in [0.5, 0.6) is 5.75 Å². The standard InChI is InChI=1S/C27H26F4N6O3S/c1-17(38)35-9-7-34(8-10-35)11-12-40-23-4-3-18(14-21(23)28)37-25(41)36(24(39)26(37)5-2-6-26)19-13-20(27(29,30)31)22(15-32)33-16-19/h3-4,13-14,16H,2,5-12H2,1H3. The Morgan fingerprint density at radius 3 is 2.44 bits per heavy atom. The second-order valence-corrected chi connectivity index (χ2v) is 10.5. The van der Waals surface area contributed by atoms with Crippen molar-refractivity contribution in [3.05, 3.63) is 47.5 Å². The normalized spacial score (nSPS) is 19.0. The molecule has 216 valence electrons. The van der Waals surface area contributed by atoms with Crippen molar-refractivity contribution in [3.63, 3.8) is 0 Å². The summed E-state index contributed by atoms with van der Waals surface area (Å²) < 4.78 is 61.6. The number of rotatable bonds is 6. The Hall–Kier alpha value is -3.83. The molecule has 0 radical (unpaired) electrons. The molecule has 41 heavy (non-hydrogen) atoms. The van der Waals surface area contributed by atoms with E-state index >= 15 is 4.39 Å². The highest BCUT2D eigenvalue weighted by Gasteiger charge is 2.60. The summed E-state index contributed by atoms with van der Waals surface area (Å²) in [6.45, 7) is 4.96. The van der Waals surface area contributed by atoms with Crippen molar-refractivity contribution in [1.82, 2.24) is 14.8 Å². The van der Waals surface area contributed by atoms with Gasteiger partial charge in [-0.3, -0.25) is 19.4 Å². The molecule has 2 saturated heterocycles. The van der Waals surface area contributed by atoms with E-state index in [9.17, 15) is 22.8 Å². The molecule has 1 aliphatic carbocycles. The van der Waals surface area contributed by atoms with Crippen molar-refractivity contribution in [2.75, 3.05) is 49.1 Å². The number of amides is 2. The number of carbonyl (C=O) groups is 2. The summed E-state index contributed by atoms with van der Waals surface area (Å²) in [5.41, 5.74) is -3.19. The molecule has 0 atom stereocenters. The highest BCUT2D eigenvalue weighted by molar-refractivity contribution is 7.81. The number of alkyl halides is 3. The number of nitrogens with zero attached hydrogens (tertiary/aromatic N) is 6. The third-order valence-corrected chi connectivity index (χ3v) is 8.16. The molecule has 0 unspecified atom stereocenters. The van der Waals surface area contributed by atoms with E-state index in [2.05, 4.69) is 9.88 Å². The summed E-state index contributed by atoms with van der Waals surface area (Å²) >= 11 is 5.57. The summed E-state index contributed by atoms with van der Waals surface area (Å²) in [6, 6.07) is 6.29. The second-order valence-electron chi connectivity index (χ2n) is 10.2. The lowest BCUT2D eigenvalue weighted by atomic mass is 9.75. The molecular formula is C27H26F4N6O3S. The first-order chi connectivity index (χ1) is 19.5. The van der Waals surface area contributed by atoms with Gasteiger partial charge in [0.15, 0.2) is 22.4 Å². The summed E-state index contributed by atoms with van der Waals surface area (Å²) in [5.74, 6) is -1.16. The minimum absolute atomic E-state index is 0.0122. The molecular weight excluding hydrogens is 564 g/mol. The van der Waals surface area contributed by atoms with Crippen molar-refractivity contribution in [1.29, 1.82) is 5.26 Å². The summed E-state index contributed by atoms with van der Waals surface area (Å²) in [5, 5.41) is 8.97. The van der Waals surface area contributed by atoms with Gasteiger partial charge in [-0.05, 0) is 49.7 Å². The lowest BCUT2D eigenvalue weighted by Crippen LogP contribution is -2.55. The Balaban J connectivity index is 1.33. The Labute approximate surface area is 238 Å². The van der Waals surface area contributed by atoms with E-state index in [1.165, 1.54) is 30.0 Å². The minimum Gasteiger partial charge on any atom is -0.489 e. The molecule has 3 aliphatic rings. The zero-order valence-electron chi connectivity index (χ0n) is 22.1. The number of benzene rings is 1. The van der Waals surface area contributed by atoms with E-state index in [0.717, 1.165) is 11.1 Å². The van der Waals surface area contributed by atoms with Crippen LogP contribution in [0.25, 0.3) is 0 Å². The fourth-order valence-electron chi connectivity index (χ4n) is 5.41. The largest absolute Gasteiger partial charge is 0.489 e. The average molecular weight is 591 g/mol. The van der Waals surface area contributed by atoms with Crippen molar-refractivity contribution >= 4 is 40.5 Å². The van der Waals surface area contributed by atoms with Gasteiger partial charge in [0.1, 0.15) is 18.2 Å². The molecule has 2 aromatic rings. The van der Waals surface area contributed by atoms with Gasteiger partial charge < -0.3 is 14.5 Å². The van der Waals surface area contributed by atoms with Crippen molar-refractivity contribution < 1.29 is 31.9 Å². The number of anilines is 2. The van der Waals surface area contributed by atoms with E-state index in [-0.39, 0.29) is 34.8 Å². The molecule has 14 heteroatoms. The first kappa shape index (κ1) is 28.7. The summed E-state index contributed by atoms with van der Waals surface area (Å²) in [6.07, 6.45) is -2.41. The van der Waals surface area contributed by atoms with Crippen LogP contribution in [0.2, 0.25) is 0 Å². The second kappa shape index (κ2) is 10.9. The van der Waals surface area contributed by atoms with Crippen LogP contribution in [0, 0.1) is 17.1 Å². The maximum absolute atomic E-state index is 15.2. The van der Waals surface area contributed by atoms with Crippen molar-refractivity contribution in [2.24, 2.45) is 0 Å². The van der Waals surface area contributed by atoms with Crippen molar-refractivity contribution in [3.8, 4) is 11.8 Å². The fourth-order valence-corrected chi connectivity index (χ4v) is 5.87. The molecule has 5 rings (SSSR count). The number of piperazine rings is 1. The molecule has 2 aliphatic heterocycles. The van der Waals surface area contributed by atoms with E-state index in [1.54, 1.807) is 11.0 Å². The molecule has 0 N–H and O–H groups in total. The molecule has 1 aromatic heterocycles. The van der Waals surface area contributed by atoms with Crippen LogP contribution in [0.4, 0.5) is 28.9 Å². The molecule has 2 amide bonds. The van der Waals surface area contributed by atoms with Gasteiger partial charge in [0.2, 0.25) is 5.91 Å². The topological polar surface area (TPSA) is 93.0 Å². The highest BCUT2D eigenvalue weighted by Crippen LogP contribution is 2.48. The number of halogens is 4. The van der Waals surface area contributed by atoms with E-state index in [1.807, 2.05) is 0 Å². The SMILES string of the molecule is CC(=O)N1CCN(CCOc2ccc(N3C(=S)N(c4cnc(C#N)c(C(F)(F)F)c4)C(=O)C34CCC4)cc2F)CC1. The number of pyridine rings is 1. The zero-order valence-corrected chi connectivity index (χ0v) is 22.9. The first-order valence-electron chi connectivity index (χ1n) is 13.0. The fraction of sp³-hybridized carbons (Fsp3) is 0.444. The Kier molecular flexibility index (Phi) is 7.60. The third kappa shape index (κ3) is 5.19. The third-order valence-electron chi connectivity index (χ3n) is 7.79. The number of thiocarbonyl (C=S) groups is 1. The molecule has 1 aromatic carbocycles. The average Bonchev–Trinajstić information content (AvgIpc) is 3.15. The van der Waals surface area contributed by atoms with Crippen LogP contribution in [-0.4, -0.2) is 76.6 Å². The first-order valence-corrected chi connectivity index (χ1v) is 13.4. The Morgan fingerprint density at radius 2 is 1.88 bits per heavy atom. The maximum Gasteiger partial charge on any atom is 0.419 e. The highest BCUT2D eigenvalue weighted by atomic mass is 32.1. The predicted molar refractivity (Wildman–Crippen MR) is 144 cm³/mol.